The molecule has 138 valence electrons. The van der Waals surface area contributed by atoms with Crippen LogP contribution in [0.2, 0.25) is 0 Å². The molecule has 1 saturated heterocycles. The SMILES string of the molecule is O=C(NCc1nc(-c2ccncc2)no1)C1CCCN(c2ncccn2)C1. The third kappa shape index (κ3) is 4.08. The minimum Gasteiger partial charge on any atom is -0.347 e. The Balaban J connectivity index is 1.33. The summed E-state index contributed by atoms with van der Waals surface area (Å²) >= 11 is 0. The maximum atomic E-state index is 12.5. The van der Waals surface area contributed by atoms with E-state index in [9.17, 15) is 4.79 Å². The monoisotopic (exact) mass is 365 g/mol. The van der Waals surface area contributed by atoms with Crippen molar-refractivity contribution in [1.82, 2.24) is 30.4 Å². The van der Waals surface area contributed by atoms with Crippen LogP contribution in [0.25, 0.3) is 11.4 Å². The van der Waals surface area contributed by atoms with Gasteiger partial charge in [-0.15, -0.1) is 0 Å². The lowest BCUT2D eigenvalue weighted by Crippen LogP contribution is -2.43. The van der Waals surface area contributed by atoms with Crippen LogP contribution >= 0.6 is 0 Å². The molecule has 0 aliphatic carbocycles. The number of carbonyl (C=O) groups excluding carboxylic acids is 1. The lowest BCUT2D eigenvalue weighted by atomic mass is 9.97. The van der Waals surface area contributed by atoms with E-state index in [4.69, 9.17) is 4.52 Å². The van der Waals surface area contributed by atoms with E-state index in [1.807, 2.05) is 4.90 Å². The number of hydrogen-bond donors (Lipinski definition) is 1. The highest BCUT2D eigenvalue weighted by Gasteiger charge is 2.27. The molecule has 9 heteroatoms. The lowest BCUT2D eigenvalue weighted by Gasteiger charge is -2.31. The maximum Gasteiger partial charge on any atom is 0.246 e. The smallest absolute Gasteiger partial charge is 0.246 e. The molecule has 27 heavy (non-hydrogen) atoms. The number of carbonyl (C=O) groups is 1. The van der Waals surface area contributed by atoms with Gasteiger partial charge >= 0.3 is 0 Å². The molecule has 1 amide bonds. The quantitative estimate of drug-likeness (QED) is 0.723. The fraction of sp³-hybridized carbons (Fsp3) is 0.333. The van der Waals surface area contributed by atoms with E-state index in [2.05, 4.69) is 30.4 Å². The molecule has 0 saturated carbocycles. The predicted molar refractivity (Wildman–Crippen MR) is 96.3 cm³/mol. The van der Waals surface area contributed by atoms with Crippen molar-refractivity contribution in [1.29, 1.82) is 0 Å². The summed E-state index contributed by atoms with van der Waals surface area (Å²) in [4.78, 5) is 31.4. The van der Waals surface area contributed by atoms with Crippen LogP contribution in [0.1, 0.15) is 18.7 Å². The van der Waals surface area contributed by atoms with Gasteiger partial charge < -0.3 is 14.7 Å². The summed E-state index contributed by atoms with van der Waals surface area (Å²) in [5, 5.41) is 6.83. The number of hydrogen-bond acceptors (Lipinski definition) is 8. The zero-order valence-corrected chi connectivity index (χ0v) is 14.7. The summed E-state index contributed by atoms with van der Waals surface area (Å²) in [5.41, 5.74) is 0.817. The number of amides is 1. The molecule has 1 aliphatic heterocycles. The van der Waals surface area contributed by atoms with Gasteiger partial charge in [-0.05, 0) is 31.0 Å². The molecule has 4 rings (SSSR count). The average molecular weight is 365 g/mol. The van der Waals surface area contributed by atoms with E-state index in [1.54, 1.807) is 43.0 Å². The average Bonchev–Trinajstić information content (AvgIpc) is 3.22. The van der Waals surface area contributed by atoms with E-state index in [0.717, 1.165) is 24.9 Å². The number of aromatic nitrogens is 5. The molecule has 0 radical (unpaired) electrons. The molecule has 0 spiro atoms. The number of rotatable bonds is 5. The van der Waals surface area contributed by atoms with Gasteiger partial charge in [0.2, 0.25) is 23.6 Å². The van der Waals surface area contributed by atoms with Gasteiger partial charge in [-0.3, -0.25) is 9.78 Å². The van der Waals surface area contributed by atoms with E-state index in [-0.39, 0.29) is 18.4 Å². The Kier molecular flexibility index (Phi) is 4.99. The molecule has 3 aromatic rings. The number of pyridine rings is 1. The van der Waals surface area contributed by atoms with Gasteiger partial charge in [-0.2, -0.15) is 4.98 Å². The van der Waals surface area contributed by atoms with Gasteiger partial charge in [0.1, 0.15) is 0 Å². The van der Waals surface area contributed by atoms with Crippen molar-refractivity contribution in [3.63, 3.8) is 0 Å². The molecule has 4 heterocycles. The van der Waals surface area contributed by atoms with Crippen molar-refractivity contribution in [2.45, 2.75) is 19.4 Å². The summed E-state index contributed by atoms with van der Waals surface area (Å²) in [7, 11) is 0. The summed E-state index contributed by atoms with van der Waals surface area (Å²) in [6.45, 7) is 1.66. The maximum absolute atomic E-state index is 12.5. The molecule has 0 aromatic carbocycles. The highest BCUT2D eigenvalue weighted by molar-refractivity contribution is 5.79. The topological polar surface area (TPSA) is 110 Å². The number of piperidine rings is 1. The second kappa shape index (κ2) is 7.90. The molecule has 1 N–H and O–H groups in total. The van der Waals surface area contributed by atoms with Crippen LogP contribution in [-0.2, 0) is 11.3 Å². The van der Waals surface area contributed by atoms with Crippen molar-refractivity contribution in [3.05, 3.63) is 48.9 Å². The molecular formula is C18H19N7O2. The van der Waals surface area contributed by atoms with Crippen LogP contribution in [-0.4, -0.2) is 44.1 Å². The number of nitrogens with one attached hydrogen (secondary N) is 1. The highest BCUT2D eigenvalue weighted by atomic mass is 16.5. The van der Waals surface area contributed by atoms with Gasteiger partial charge in [-0.25, -0.2) is 9.97 Å². The fourth-order valence-electron chi connectivity index (χ4n) is 3.08. The number of nitrogens with zero attached hydrogens (tertiary/aromatic N) is 6. The minimum absolute atomic E-state index is 0.0284. The first kappa shape index (κ1) is 17.1. The van der Waals surface area contributed by atoms with Crippen molar-refractivity contribution in [2.24, 2.45) is 5.92 Å². The van der Waals surface area contributed by atoms with Crippen molar-refractivity contribution in [2.75, 3.05) is 18.0 Å². The second-order valence-electron chi connectivity index (χ2n) is 6.30. The van der Waals surface area contributed by atoms with Crippen LogP contribution in [0.15, 0.2) is 47.5 Å². The van der Waals surface area contributed by atoms with Crippen LogP contribution in [0.3, 0.4) is 0 Å². The van der Waals surface area contributed by atoms with Gasteiger partial charge in [0.25, 0.3) is 0 Å². The summed E-state index contributed by atoms with van der Waals surface area (Å²) in [6.07, 6.45) is 8.51. The zero-order valence-electron chi connectivity index (χ0n) is 14.7. The second-order valence-corrected chi connectivity index (χ2v) is 6.30. The summed E-state index contributed by atoms with van der Waals surface area (Å²) in [6, 6.07) is 5.38. The standard InChI is InChI=1S/C18H19N7O2/c26-17(14-3-1-10-25(12-14)18-20-6-2-7-21-18)22-11-15-23-16(24-27-15)13-4-8-19-9-5-13/h2,4-9,14H,1,3,10-12H2,(H,22,26). The van der Waals surface area contributed by atoms with E-state index >= 15 is 0 Å². The Morgan fingerprint density at radius 1 is 1.22 bits per heavy atom. The Morgan fingerprint density at radius 2 is 2.04 bits per heavy atom. The molecule has 1 aliphatic rings. The minimum atomic E-state index is -0.120. The molecule has 3 aromatic heterocycles. The van der Waals surface area contributed by atoms with Gasteiger partial charge in [0.15, 0.2) is 0 Å². The zero-order chi connectivity index (χ0) is 18.5. The predicted octanol–water partition coefficient (Wildman–Crippen LogP) is 1.45. The lowest BCUT2D eigenvalue weighted by molar-refractivity contribution is -0.125. The summed E-state index contributed by atoms with van der Waals surface area (Å²) in [5.74, 6) is 1.36. The fourth-order valence-corrected chi connectivity index (χ4v) is 3.08. The molecule has 1 fully saturated rings. The Hall–Kier alpha value is -3.36. The van der Waals surface area contributed by atoms with Gasteiger partial charge in [-0.1, -0.05) is 5.16 Å². The van der Waals surface area contributed by atoms with Gasteiger partial charge in [0, 0.05) is 43.4 Å². The molecular weight excluding hydrogens is 346 g/mol. The van der Waals surface area contributed by atoms with E-state index in [1.165, 1.54) is 0 Å². The third-order valence-corrected chi connectivity index (χ3v) is 4.45. The first-order valence-electron chi connectivity index (χ1n) is 8.82. The van der Waals surface area contributed by atoms with E-state index in [0.29, 0.717) is 24.2 Å². The highest BCUT2D eigenvalue weighted by Crippen LogP contribution is 2.20. The van der Waals surface area contributed by atoms with Crippen LogP contribution in [0.5, 0.6) is 0 Å². The van der Waals surface area contributed by atoms with Gasteiger partial charge in [0.05, 0.1) is 12.5 Å². The first-order valence-corrected chi connectivity index (χ1v) is 8.82. The first-order chi connectivity index (χ1) is 13.3. The largest absolute Gasteiger partial charge is 0.347 e. The van der Waals surface area contributed by atoms with Crippen LogP contribution < -0.4 is 10.2 Å². The van der Waals surface area contributed by atoms with Crippen molar-refractivity contribution < 1.29 is 9.32 Å². The molecule has 0 bridgehead atoms. The molecule has 1 atom stereocenters. The molecule has 1 unspecified atom stereocenters. The van der Waals surface area contributed by atoms with E-state index < -0.39 is 0 Å². The van der Waals surface area contributed by atoms with Crippen molar-refractivity contribution in [3.8, 4) is 11.4 Å². The third-order valence-electron chi connectivity index (χ3n) is 4.45. The number of anilines is 1. The molecule has 9 nitrogen and oxygen atoms in total. The Bertz CT molecular complexity index is 885. The normalized spacial score (nSPS) is 16.9. The van der Waals surface area contributed by atoms with Crippen LogP contribution in [0, 0.1) is 5.92 Å². The Labute approximate surface area is 155 Å². The van der Waals surface area contributed by atoms with Crippen LogP contribution in [0.4, 0.5) is 5.95 Å². The Morgan fingerprint density at radius 3 is 2.85 bits per heavy atom. The van der Waals surface area contributed by atoms with Crippen molar-refractivity contribution >= 4 is 11.9 Å². The summed E-state index contributed by atoms with van der Waals surface area (Å²) < 4.78 is 5.22.